The number of nitrogens with zero attached hydrogens (tertiary/aromatic N) is 3. The third kappa shape index (κ3) is 3.33. The lowest BCUT2D eigenvalue weighted by molar-refractivity contribution is 0.461. The van der Waals surface area contributed by atoms with Gasteiger partial charge in [-0.2, -0.15) is 0 Å². The van der Waals surface area contributed by atoms with Gasteiger partial charge in [-0.3, -0.25) is 4.98 Å². The summed E-state index contributed by atoms with van der Waals surface area (Å²) >= 11 is 5.84. The summed E-state index contributed by atoms with van der Waals surface area (Å²) in [6, 6.07) is 19.8. The van der Waals surface area contributed by atoms with Gasteiger partial charge in [0.2, 0.25) is 0 Å². The number of anilines is 1. The van der Waals surface area contributed by atoms with E-state index < -0.39 is 0 Å². The highest BCUT2D eigenvalue weighted by molar-refractivity contribution is 7.80. The minimum absolute atomic E-state index is 0.0139. The minimum atomic E-state index is 0.0139. The first-order chi connectivity index (χ1) is 14.2. The van der Waals surface area contributed by atoms with E-state index in [-0.39, 0.29) is 12.1 Å². The van der Waals surface area contributed by atoms with Crippen LogP contribution < -0.4 is 10.2 Å². The largest absolute Gasteiger partial charge is 0.351 e. The lowest BCUT2D eigenvalue weighted by Crippen LogP contribution is -2.30. The van der Waals surface area contributed by atoms with Gasteiger partial charge in [0.05, 0.1) is 11.7 Å². The zero-order valence-corrected chi connectivity index (χ0v) is 17.5. The topological polar surface area (TPSA) is 33.1 Å². The summed E-state index contributed by atoms with van der Waals surface area (Å²) < 4.78 is 2.49. The maximum Gasteiger partial charge on any atom is 0.174 e. The highest BCUT2D eigenvalue weighted by Crippen LogP contribution is 2.43. The fourth-order valence-electron chi connectivity index (χ4n) is 4.81. The molecule has 148 valence electrons. The molecular weight excluding hydrogens is 376 g/mol. The van der Waals surface area contributed by atoms with Crippen LogP contribution in [0.15, 0.2) is 67.0 Å². The van der Waals surface area contributed by atoms with Crippen LogP contribution in [0.3, 0.4) is 0 Å². The van der Waals surface area contributed by atoms with Gasteiger partial charge in [-0.25, -0.2) is 0 Å². The van der Waals surface area contributed by atoms with E-state index >= 15 is 0 Å². The molecule has 1 aliphatic carbocycles. The predicted molar refractivity (Wildman–Crippen MR) is 121 cm³/mol. The Morgan fingerprint density at radius 3 is 2.52 bits per heavy atom. The fraction of sp³-hybridized carbons (Fsp3) is 0.333. The standard InChI is InChI=1S/C24H26N4S/c1-17-11-13-19(14-12-17)28-23(21-10-6-16-27(21)18-7-2-3-8-18)22(26-24(28)29)20-9-4-5-15-25-20/h4-6,9-16,18,22-23H,2-3,7-8H2,1H3,(H,26,29)/t22-,23+/m0/s1. The Kier molecular flexibility index (Phi) is 4.84. The van der Waals surface area contributed by atoms with Crippen molar-refractivity contribution in [2.45, 2.75) is 50.7 Å². The van der Waals surface area contributed by atoms with Gasteiger partial charge in [0.15, 0.2) is 5.11 Å². The van der Waals surface area contributed by atoms with E-state index in [0.717, 1.165) is 16.5 Å². The van der Waals surface area contributed by atoms with Gasteiger partial charge in [0, 0.05) is 29.8 Å². The first-order valence-corrected chi connectivity index (χ1v) is 10.9. The summed E-state index contributed by atoms with van der Waals surface area (Å²) in [6.07, 6.45) is 9.25. The lowest BCUT2D eigenvalue weighted by Gasteiger charge is -2.30. The molecule has 1 N–H and O–H groups in total. The minimum Gasteiger partial charge on any atom is -0.351 e. The van der Waals surface area contributed by atoms with Crippen LogP contribution in [-0.2, 0) is 0 Å². The Hall–Kier alpha value is -2.66. The van der Waals surface area contributed by atoms with E-state index in [1.807, 2.05) is 12.3 Å². The number of benzene rings is 1. The van der Waals surface area contributed by atoms with Crippen molar-refractivity contribution in [2.24, 2.45) is 0 Å². The lowest BCUT2D eigenvalue weighted by atomic mass is 10.00. The first kappa shape index (κ1) is 18.4. The number of aryl methyl sites for hydroxylation is 1. The van der Waals surface area contributed by atoms with E-state index in [4.69, 9.17) is 12.2 Å². The molecule has 2 fully saturated rings. The molecule has 0 unspecified atom stereocenters. The molecule has 0 spiro atoms. The number of rotatable bonds is 4. The van der Waals surface area contributed by atoms with Crippen LogP contribution >= 0.6 is 12.2 Å². The van der Waals surface area contributed by atoms with Crippen molar-refractivity contribution >= 4 is 23.0 Å². The normalized spacial score (nSPS) is 22.2. The molecule has 3 heterocycles. The maximum atomic E-state index is 5.84. The maximum absolute atomic E-state index is 5.84. The van der Waals surface area contributed by atoms with Gasteiger partial charge in [-0.05, 0) is 68.4 Å². The molecule has 29 heavy (non-hydrogen) atoms. The Bertz CT molecular complexity index is 989. The van der Waals surface area contributed by atoms with Crippen LogP contribution in [0.2, 0.25) is 0 Å². The number of hydrogen-bond acceptors (Lipinski definition) is 2. The van der Waals surface area contributed by atoms with Crippen molar-refractivity contribution in [2.75, 3.05) is 4.90 Å². The summed E-state index contributed by atoms with van der Waals surface area (Å²) in [5, 5.41) is 4.33. The Morgan fingerprint density at radius 2 is 1.79 bits per heavy atom. The molecular formula is C24H26N4S. The van der Waals surface area contributed by atoms with Crippen molar-refractivity contribution in [1.82, 2.24) is 14.9 Å². The van der Waals surface area contributed by atoms with Crippen LogP contribution in [0.4, 0.5) is 5.69 Å². The number of hydrogen-bond donors (Lipinski definition) is 1. The molecule has 3 aromatic rings. The van der Waals surface area contributed by atoms with Crippen LogP contribution in [0.5, 0.6) is 0 Å². The molecule has 5 rings (SSSR count). The first-order valence-electron chi connectivity index (χ1n) is 10.5. The third-order valence-electron chi connectivity index (χ3n) is 6.24. The zero-order chi connectivity index (χ0) is 19.8. The fourth-order valence-corrected chi connectivity index (χ4v) is 5.16. The SMILES string of the molecule is Cc1ccc(N2C(=S)N[C@@H](c3ccccn3)[C@H]2c2cccn2C2CCCC2)cc1. The van der Waals surface area contributed by atoms with E-state index in [2.05, 4.69) is 81.4 Å². The van der Waals surface area contributed by atoms with Gasteiger partial charge >= 0.3 is 0 Å². The van der Waals surface area contributed by atoms with E-state index in [9.17, 15) is 0 Å². The van der Waals surface area contributed by atoms with Gasteiger partial charge in [-0.15, -0.1) is 0 Å². The van der Waals surface area contributed by atoms with Crippen LogP contribution in [0, 0.1) is 6.92 Å². The highest BCUT2D eigenvalue weighted by Gasteiger charge is 2.42. The van der Waals surface area contributed by atoms with Gasteiger partial charge in [0.1, 0.15) is 6.04 Å². The van der Waals surface area contributed by atoms with E-state index in [1.54, 1.807) is 0 Å². The molecule has 2 atom stereocenters. The molecule has 0 radical (unpaired) electrons. The van der Waals surface area contributed by atoms with Crippen molar-refractivity contribution in [3.8, 4) is 0 Å². The highest BCUT2D eigenvalue weighted by atomic mass is 32.1. The van der Waals surface area contributed by atoms with Crippen molar-refractivity contribution < 1.29 is 0 Å². The molecule has 1 aromatic carbocycles. The molecule has 5 heteroatoms. The second-order valence-corrected chi connectivity index (χ2v) is 8.50. The summed E-state index contributed by atoms with van der Waals surface area (Å²) in [5.41, 5.74) is 4.70. The van der Waals surface area contributed by atoms with Crippen LogP contribution in [-0.4, -0.2) is 14.7 Å². The van der Waals surface area contributed by atoms with Crippen LogP contribution in [0.1, 0.15) is 60.8 Å². The molecule has 2 aliphatic rings. The number of thiocarbonyl (C=S) groups is 1. The average molecular weight is 403 g/mol. The molecule has 1 aliphatic heterocycles. The summed E-state index contributed by atoms with van der Waals surface area (Å²) in [7, 11) is 0. The van der Waals surface area contributed by atoms with Crippen molar-refractivity contribution in [3.05, 3.63) is 83.9 Å². The number of pyridine rings is 1. The van der Waals surface area contributed by atoms with Crippen molar-refractivity contribution in [3.63, 3.8) is 0 Å². The van der Waals surface area contributed by atoms with E-state index in [1.165, 1.54) is 36.9 Å². The molecule has 0 bridgehead atoms. The Balaban J connectivity index is 1.62. The summed E-state index contributed by atoms with van der Waals surface area (Å²) in [6.45, 7) is 2.11. The van der Waals surface area contributed by atoms with Gasteiger partial charge < -0.3 is 14.8 Å². The van der Waals surface area contributed by atoms with Gasteiger partial charge in [-0.1, -0.05) is 36.6 Å². The van der Waals surface area contributed by atoms with E-state index in [0.29, 0.717) is 6.04 Å². The summed E-state index contributed by atoms with van der Waals surface area (Å²) in [4.78, 5) is 6.94. The molecule has 2 aromatic heterocycles. The number of aromatic nitrogens is 2. The second-order valence-electron chi connectivity index (χ2n) is 8.11. The Labute approximate surface area is 177 Å². The quantitative estimate of drug-likeness (QED) is 0.586. The average Bonchev–Trinajstić information content (AvgIpc) is 3.48. The molecule has 4 nitrogen and oxygen atoms in total. The number of nitrogens with one attached hydrogen (secondary N) is 1. The smallest absolute Gasteiger partial charge is 0.174 e. The Morgan fingerprint density at radius 1 is 1.00 bits per heavy atom. The monoisotopic (exact) mass is 402 g/mol. The van der Waals surface area contributed by atoms with Crippen LogP contribution in [0.25, 0.3) is 0 Å². The molecule has 1 saturated carbocycles. The third-order valence-corrected chi connectivity index (χ3v) is 6.56. The summed E-state index contributed by atoms with van der Waals surface area (Å²) in [5.74, 6) is 0. The molecule has 0 amide bonds. The van der Waals surface area contributed by atoms with Gasteiger partial charge in [0.25, 0.3) is 0 Å². The second kappa shape index (κ2) is 7.64. The van der Waals surface area contributed by atoms with Crippen molar-refractivity contribution in [1.29, 1.82) is 0 Å². The predicted octanol–water partition coefficient (Wildman–Crippen LogP) is 5.48. The zero-order valence-electron chi connectivity index (χ0n) is 16.7. The molecule has 1 saturated heterocycles.